The average molecular weight is 346 g/mol. The Morgan fingerprint density at radius 2 is 1.95 bits per heavy atom. The normalized spacial score (nSPS) is 12.1. The van der Waals surface area contributed by atoms with Crippen molar-refractivity contribution in [1.82, 2.24) is 10.2 Å². The smallest absolute Gasteiger partial charge is 0.241 e. The zero-order chi connectivity index (χ0) is 16.7. The average Bonchev–Trinajstić information content (AvgIpc) is 2.47. The van der Waals surface area contributed by atoms with Crippen LogP contribution in [0, 0.1) is 0 Å². The molecule has 0 saturated carbocycles. The Kier molecular flexibility index (Phi) is 7.65. The molecule has 0 saturated heterocycles. The molecule has 22 heavy (non-hydrogen) atoms. The van der Waals surface area contributed by atoms with Crippen LogP contribution in [-0.4, -0.2) is 42.4 Å². The van der Waals surface area contributed by atoms with Crippen LogP contribution in [0.2, 0.25) is 10.0 Å². The van der Waals surface area contributed by atoms with Gasteiger partial charge in [0.15, 0.2) is 0 Å². The van der Waals surface area contributed by atoms with E-state index < -0.39 is 6.04 Å². The molecule has 0 aromatic heterocycles. The number of anilines is 1. The number of nitrogens with zero attached hydrogens (tertiary/aromatic N) is 1. The molecule has 0 unspecified atom stereocenters. The fourth-order valence-electron chi connectivity index (χ4n) is 1.95. The quantitative estimate of drug-likeness (QED) is 0.798. The van der Waals surface area contributed by atoms with Crippen LogP contribution in [0.4, 0.5) is 5.69 Å². The number of hydrogen-bond acceptors (Lipinski definition) is 3. The highest BCUT2D eigenvalue weighted by Crippen LogP contribution is 2.25. The minimum Gasteiger partial charge on any atom is -0.355 e. The van der Waals surface area contributed by atoms with E-state index in [9.17, 15) is 9.59 Å². The summed E-state index contributed by atoms with van der Waals surface area (Å²) < 4.78 is 0. The Labute approximate surface area is 141 Å². The van der Waals surface area contributed by atoms with Gasteiger partial charge in [-0.2, -0.15) is 0 Å². The third-order valence-corrected chi connectivity index (χ3v) is 3.79. The summed E-state index contributed by atoms with van der Waals surface area (Å²) in [5.41, 5.74) is 0.497. The van der Waals surface area contributed by atoms with Gasteiger partial charge in [-0.25, -0.2) is 0 Å². The van der Waals surface area contributed by atoms with E-state index in [1.807, 2.05) is 13.8 Å². The van der Waals surface area contributed by atoms with Gasteiger partial charge in [-0.3, -0.25) is 14.5 Å². The first-order valence-corrected chi connectivity index (χ1v) is 7.91. The Bertz CT molecular complexity index is 538. The van der Waals surface area contributed by atoms with E-state index in [-0.39, 0.29) is 18.4 Å². The van der Waals surface area contributed by atoms with Crippen molar-refractivity contribution in [2.24, 2.45) is 0 Å². The minimum absolute atomic E-state index is 0.103. The lowest BCUT2D eigenvalue weighted by Crippen LogP contribution is -2.46. The van der Waals surface area contributed by atoms with E-state index in [2.05, 4.69) is 10.6 Å². The molecule has 0 aliphatic heterocycles. The first-order valence-electron chi connectivity index (χ1n) is 7.15. The molecule has 7 heteroatoms. The van der Waals surface area contributed by atoms with Crippen molar-refractivity contribution in [2.45, 2.75) is 26.8 Å². The SMILES string of the molecule is CCNC(=O)CN(CC)[C@@H](C)C(=O)Nc1ccc(Cl)cc1Cl. The maximum absolute atomic E-state index is 12.3. The van der Waals surface area contributed by atoms with Crippen LogP contribution in [0.5, 0.6) is 0 Å². The second-order valence-electron chi connectivity index (χ2n) is 4.81. The second kappa shape index (κ2) is 8.98. The summed E-state index contributed by atoms with van der Waals surface area (Å²) >= 11 is 11.9. The highest BCUT2D eigenvalue weighted by Gasteiger charge is 2.22. The van der Waals surface area contributed by atoms with Gasteiger partial charge in [0.25, 0.3) is 0 Å². The van der Waals surface area contributed by atoms with Crippen molar-refractivity contribution in [1.29, 1.82) is 0 Å². The number of hydrogen-bond donors (Lipinski definition) is 2. The summed E-state index contributed by atoms with van der Waals surface area (Å²) in [6.07, 6.45) is 0. The summed E-state index contributed by atoms with van der Waals surface area (Å²) in [5, 5.41) is 6.35. The lowest BCUT2D eigenvalue weighted by Gasteiger charge is -2.26. The van der Waals surface area contributed by atoms with E-state index >= 15 is 0 Å². The highest BCUT2D eigenvalue weighted by atomic mass is 35.5. The summed E-state index contributed by atoms with van der Waals surface area (Å²) in [7, 11) is 0. The second-order valence-corrected chi connectivity index (χ2v) is 5.65. The summed E-state index contributed by atoms with van der Waals surface area (Å²) in [6.45, 7) is 6.83. The zero-order valence-electron chi connectivity index (χ0n) is 13.0. The van der Waals surface area contributed by atoms with Gasteiger partial charge in [0.2, 0.25) is 11.8 Å². The Balaban J connectivity index is 2.71. The molecule has 1 atom stereocenters. The standard InChI is InChI=1S/C15H21Cl2N3O2/c1-4-18-14(21)9-20(5-2)10(3)15(22)19-13-7-6-11(16)8-12(13)17/h6-8,10H,4-5,9H2,1-3H3,(H,18,21)(H,19,22)/t10-/m0/s1. The molecule has 0 heterocycles. The molecule has 1 rings (SSSR count). The van der Waals surface area contributed by atoms with Gasteiger partial charge in [0.1, 0.15) is 0 Å². The van der Waals surface area contributed by atoms with E-state index in [0.717, 1.165) is 0 Å². The minimum atomic E-state index is -0.459. The monoisotopic (exact) mass is 345 g/mol. The molecule has 0 radical (unpaired) electrons. The van der Waals surface area contributed by atoms with Crippen molar-refractivity contribution >= 4 is 40.7 Å². The summed E-state index contributed by atoms with van der Waals surface area (Å²) in [5.74, 6) is -0.330. The molecule has 0 aliphatic carbocycles. The fourth-order valence-corrected chi connectivity index (χ4v) is 2.41. The maximum Gasteiger partial charge on any atom is 0.241 e. The summed E-state index contributed by atoms with van der Waals surface area (Å²) in [6, 6.07) is 4.41. The molecule has 0 spiro atoms. The molecule has 122 valence electrons. The third-order valence-electron chi connectivity index (χ3n) is 3.24. The molecule has 0 aliphatic rings. The van der Waals surface area contributed by atoms with Gasteiger partial charge < -0.3 is 10.6 Å². The van der Waals surface area contributed by atoms with Crippen LogP contribution in [0.3, 0.4) is 0 Å². The van der Waals surface area contributed by atoms with Gasteiger partial charge in [0.05, 0.1) is 23.3 Å². The third kappa shape index (κ3) is 5.48. The number of benzene rings is 1. The molecule has 1 aromatic carbocycles. The summed E-state index contributed by atoms with van der Waals surface area (Å²) in [4.78, 5) is 25.8. The number of rotatable bonds is 7. The van der Waals surface area contributed by atoms with Gasteiger partial charge in [-0.1, -0.05) is 30.1 Å². The Morgan fingerprint density at radius 1 is 1.27 bits per heavy atom. The maximum atomic E-state index is 12.3. The van der Waals surface area contributed by atoms with Crippen LogP contribution in [-0.2, 0) is 9.59 Å². The Morgan fingerprint density at radius 3 is 2.50 bits per heavy atom. The van der Waals surface area contributed by atoms with Crippen LogP contribution in [0.15, 0.2) is 18.2 Å². The Hall–Kier alpha value is -1.30. The van der Waals surface area contributed by atoms with Gasteiger partial charge >= 0.3 is 0 Å². The van der Waals surface area contributed by atoms with Crippen molar-refractivity contribution < 1.29 is 9.59 Å². The number of nitrogens with one attached hydrogen (secondary N) is 2. The van der Waals surface area contributed by atoms with Crippen LogP contribution < -0.4 is 10.6 Å². The molecule has 1 aromatic rings. The molecule has 0 bridgehead atoms. The largest absolute Gasteiger partial charge is 0.355 e. The topological polar surface area (TPSA) is 61.4 Å². The first kappa shape index (κ1) is 18.7. The molecule has 5 nitrogen and oxygen atoms in total. The molecule has 2 amide bonds. The lowest BCUT2D eigenvalue weighted by molar-refractivity contribution is -0.125. The molecule has 0 fully saturated rings. The van der Waals surface area contributed by atoms with Crippen molar-refractivity contribution in [3.63, 3.8) is 0 Å². The van der Waals surface area contributed by atoms with Crippen LogP contribution >= 0.6 is 23.2 Å². The highest BCUT2D eigenvalue weighted by molar-refractivity contribution is 6.36. The van der Waals surface area contributed by atoms with Crippen LogP contribution in [0.1, 0.15) is 20.8 Å². The first-order chi connectivity index (χ1) is 10.4. The van der Waals surface area contributed by atoms with E-state index in [1.165, 1.54) is 0 Å². The van der Waals surface area contributed by atoms with E-state index in [0.29, 0.717) is 28.8 Å². The number of halogens is 2. The predicted octanol–water partition coefficient (Wildman–Crippen LogP) is 2.78. The van der Waals surface area contributed by atoms with Crippen molar-refractivity contribution in [3.05, 3.63) is 28.2 Å². The fraction of sp³-hybridized carbons (Fsp3) is 0.467. The van der Waals surface area contributed by atoms with E-state index in [1.54, 1.807) is 30.0 Å². The number of carbonyl (C=O) groups is 2. The van der Waals surface area contributed by atoms with Crippen LogP contribution in [0.25, 0.3) is 0 Å². The molecule has 2 N–H and O–H groups in total. The molecular weight excluding hydrogens is 325 g/mol. The number of likely N-dealkylation sites (N-methyl/N-ethyl adjacent to an activating group) is 2. The van der Waals surface area contributed by atoms with Crippen molar-refractivity contribution in [3.8, 4) is 0 Å². The predicted molar refractivity (Wildman–Crippen MR) is 90.5 cm³/mol. The zero-order valence-corrected chi connectivity index (χ0v) is 14.5. The van der Waals surface area contributed by atoms with E-state index in [4.69, 9.17) is 23.2 Å². The van der Waals surface area contributed by atoms with Gasteiger partial charge in [0, 0.05) is 11.6 Å². The van der Waals surface area contributed by atoms with Gasteiger partial charge in [-0.15, -0.1) is 0 Å². The van der Waals surface area contributed by atoms with Gasteiger partial charge in [-0.05, 0) is 38.6 Å². The molecular formula is C15H21Cl2N3O2. The number of carbonyl (C=O) groups excluding carboxylic acids is 2. The lowest BCUT2D eigenvalue weighted by atomic mass is 10.2. The van der Waals surface area contributed by atoms with Crippen molar-refractivity contribution in [2.75, 3.05) is 25.0 Å². The number of amides is 2.